The van der Waals surface area contributed by atoms with Gasteiger partial charge in [0.25, 0.3) is 14.7 Å². The molecule has 0 heterocycles. The van der Waals surface area contributed by atoms with Crippen molar-refractivity contribution in [2.45, 2.75) is 11.8 Å². The van der Waals surface area contributed by atoms with Crippen LogP contribution in [0.3, 0.4) is 0 Å². The second-order valence-corrected chi connectivity index (χ2v) is 5.28. The number of nitrogens with zero attached hydrogens (tertiary/aromatic N) is 1. The molecule has 0 aliphatic carbocycles. The van der Waals surface area contributed by atoms with Crippen molar-refractivity contribution in [1.29, 1.82) is 0 Å². The maximum absolute atomic E-state index is 12.9. The van der Waals surface area contributed by atoms with Gasteiger partial charge in [-0.25, -0.2) is 12.8 Å². The number of hydrogen-bond acceptors (Lipinski definition) is 4. The molecule has 0 bridgehead atoms. The number of nitro benzene ring substituents is 1. The highest BCUT2D eigenvalue weighted by Crippen LogP contribution is 2.28. The zero-order chi connectivity index (χ0) is 11.8. The minimum Gasteiger partial charge on any atom is -0.258 e. The van der Waals surface area contributed by atoms with Gasteiger partial charge in [-0.1, -0.05) is 0 Å². The Kier molecular flexibility index (Phi) is 2.96. The monoisotopic (exact) mass is 253 g/mol. The Labute approximate surface area is 89.0 Å². The Bertz CT molecular complexity index is 528. The smallest absolute Gasteiger partial charge is 0.258 e. The molecule has 0 radical (unpaired) electrons. The van der Waals surface area contributed by atoms with E-state index in [-0.39, 0.29) is 5.56 Å². The van der Waals surface area contributed by atoms with Gasteiger partial charge in [-0.3, -0.25) is 10.1 Å². The number of nitro groups is 1. The Morgan fingerprint density at radius 3 is 2.40 bits per heavy atom. The molecule has 0 fully saturated rings. The standard InChI is InChI=1S/C7H5ClFNO4S/c1-4-6(10(11)12)2-5(9)3-7(4)15(8,13)14/h2-3H,1H3. The van der Waals surface area contributed by atoms with Crippen molar-refractivity contribution in [3.8, 4) is 0 Å². The van der Waals surface area contributed by atoms with E-state index in [0.717, 1.165) is 0 Å². The lowest BCUT2D eigenvalue weighted by Crippen LogP contribution is -2.00. The summed E-state index contributed by atoms with van der Waals surface area (Å²) in [5, 5.41) is 10.5. The normalized spacial score (nSPS) is 11.4. The highest BCUT2D eigenvalue weighted by Gasteiger charge is 2.23. The molecule has 0 N–H and O–H groups in total. The largest absolute Gasteiger partial charge is 0.276 e. The van der Waals surface area contributed by atoms with Crippen LogP contribution >= 0.6 is 10.7 Å². The van der Waals surface area contributed by atoms with Gasteiger partial charge in [-0.15, -0.1) is 0 Å². The SMILES string of the molecule is Cc1c([N+](=O)[O-])cc(F)cc1S(=O)(=O)Cl. The highest BCUT2D eigenvalue weighted by atomic mass is 35.7. The van der Waals surface area contributed by atoms with Gasteiger partial charge in [0.1, 0.15) is 5.82 Å². The van der Waals surface area contributed by atoms with Crippen molar-refractivity contribution in [2.75, 3.05) is 0 Å². The number of benzene rings is 1. The third kappa shape index (κ3) is 2.42. The molecule has 0 saturated carbocycles. The molecule has 1 rings (SSSR count). The summed E-state index contributed by atoms with van der Waals surface area (Å²) in [5.74, 6) is -1.02. The topological polar surface area (TPSA) is 77.3 Å². The van der Waals surface area contributed by atoms with Crippen molar-refractivity contribution in [2.24, 2.45) is 0 Å². The fourth-order valence-electron chi connectivity index (χ4n) is 1.08. The average Bonchev–Trinajstić information content (AvgIpc) is 2.06. The number of halogens is 2. The molecule has 82 valence electrons. The molecule has 0 saturated heterocycles. The van der Waals surface area contributed by atoms with Crippen LogP contribution in [0.25, 0.3) is 0 Å². The summed E-state index contributed by atoms with van der Waals surface area (Å²) in [6, 6.07) is 1.28. The third-order valence-corrected chi connectivity index (χ3v) is 3.20. The van der Waals surface area contributed by atoms with Gasteiger partial charge in [0, 0.05) is 16.2 Å². The molecule has 8 heteroatoms. The molecule has 0 unspecified atom stereocenters. The maximum Gasteiger partial charge on any atom is 0.276 e. The van der Waals surface area contributed by atoms with E-state index >= 15 is 0 Å². The van der Waals surface area contributed by atoms with E-state index in [0.29, 0.717) is 12.1 Å². The second kappa shape index (κ2) is 3.74. The first-order valence-electron chi connectivity index (χ1n) is 3.62. The average molecular weight is 254 g/mol. The Morgan fingerprint density at radius 2 is 2.00 bits per heavy atom. The summed E-state index contributed by atoms with van der Waals surface area (Å²) < 4.78 is 34.8. The molecule has 15 heavy (non-hydrogen) atoms. The van der Waals surface area contributed by atoms with Crippen LogP contribution in [-0.4, -0.2) is 13.3 Å². The van der Waals surface area contributed by atoms with Crippen LogP contribution in [0, 0.1) is 22.9 Å². The van der Waals surface area contributed by atoms with Gasteiger partial charge in [-0.2, -0.15) is 0 Å². The van der Waals surface area contributed by atoms with Crippen molar-refractivity contribution in [3.05, 3.63) is 33.6 Å². The van der Waals surface area contributed by atoms with Gasteiger partial charge in [0.15, 0.2) is 0 Å². The van der Waals surface area contributed by atoms with Crippen LogP contribution in [0.5, 0.6) is 0 Å². The van der Waals surface area contributed by atoms with Gasteiger partial charge >= 0.3 is 0 Å². The maximum atomic E-state index is 12.9. The number of rotatable bonds is 2. The van der Waals surface area contributed by atoms with E-state index in [2.05, 4.69) is 0 Å². The van der Waals surface area contributed by atoms with Crippen LogP contribution in [0.2, 0.25) is 0 Å². The predicted octanol–water partition coefficient (Wildman–Crippen LogP) is 1.97. The molecular weight excluding hydrogens is 249 g/mol. The number of hydrogen-bond donors (Lipinski definition) is 0. The van der Waals surface area contributed by atoms with Crippen molar-refractivity contribution in [3.63, 3.8) is 0 Å². The highest BCUT2D eigenvalue weighted by molar-refractivity contribution is 8.13. The first-order valence-corrected chi connectivity index (χ1v) is 5.93. The zero-order valence-corrected chi connectivity index (χ0v) is 8.97. The fourth-order valence-corrected chi connectivity index (χ4v) is 2.29. The predicted molar refractivity (Wildman–Crippen MR) is 50.8 cm³/mol. The molecule has 0 spiro atoms. The van der Waals surface area contributed by atoms with Gasteiger partial charge in [0.05, 0.1) is 15.9 Å². The van der Waals surface area contributed by atoms with Crippen LogP contribution in [-0.2, 0) is 9.05 Å². The first kappa shape index (κ1) is 11.9. The first-order chi connectivity index (χ1) is 6.73. The Hall–Kier alpha value is -1.21. The minimum atomic E-state index is -4.18. The summed E-state index contributed by atoms with van der Waals surface area (Å²) in [7, 11) is 0.811. The van der Waals surface area contributed by atoms with Crippen molar-refractivity contribution < 1.29 is 17.7 Å². The lowest BCUT2D eigenvalue weighted by molar-refractivity contribution is -0.385. The molecule has 0 aromatic heterocycles. The molecule has 0 aliphatic heterocycles. The Balaban J connectivity index is 3.63. The van der Waals surface area contributed by atoms with Gasteiger partial charge in [-0.05, 0) is 13.0 Å². The molecular formula is C7H5ClFNO4S. The van der Waals surface area contributed by atoms with E-state index in [1.54, 1.807) is 0 Å². The van der Waals surface area contributed by atoms with Gasteiger partial charge in [0.2, 0.25) is 0 Å². The summed E-state index contributed by atoms with van der Waals surface area (Å²) in [4.78, 5) is 9.00. The van der Waals surface area contributed by atoms with E-state index in [9.17, 15) is 22.9 Å². The van der Waals surface area contributed by atoms with Crippen LogP contribution in [0.1, 0.15) is 5.56 Å². The third-order valence-electron chi connectivity index (χ3n) is 1.76. The minimum absolute atomic E-state index is 0.184. The summed E-state index contributed by atoms with van der Waals surface area (Å²) >= 11 is 0. The van der Waals surface area contributed by atoms with E-state index in [4.69, 9.17) is 10.7 Å². The van der Waals surface area contributed by atoms with Crippen LogP contribution in [0.15, 0.2) is 17.0 Å². The lowest BCUT2D eigenvalue weighted by atomic mass is 10.2. The summed E-state index contributed by atoms with van der Waals surface area (Å²) in [6.07, 6.45) is 0. The van der Waals surface area contributed by atoms with E-state index in [1.165, 1.54) is 6.92 Å². The fraction of sp³-hybridized carbons (Fsp3) is 0.143. The summed E-state index contributed by atoms with van der Waals surface area (Å²) in [6.45, 7) is 1.19. The van der Waals surface area contributed by atoms with Crippen LogP contribution in [0.4, 0.5) is 10.1 Å². The quantitative estimate of drug-likeness (QED) is 0.459. The molecule has 0 amide bonds. The van der Waals surface area contributed by atoms with Crippen molar-refractivity contribution >= 4 is 25.4 Å². The molecule has 0 aliphatic rings. The Morgan fingerprint density at radius 1 is 1.47 bits per heavy atom. The second-order valence-electron chi connectivity index (χ2n) is 2.74. The molecule has 1 aromatic rings. The summed E-state index contributed by atoms with van der Waals surface area (Å²) in [5.41, 5.74) is -0.800. The molecule has 0 atom stereocenters. The zero-order valence-electron chi connectivity index (χ0n) is 7.40. The van der Waals surface area contributed by atoms with Crippen molar-refractivity contribution in [1.82, 2.24) is 0 Å². The van der Waals surface area contributed by atoms with E-state index < -0.39 is 30.4 Å². The van der Waals surface area contributed by atoms with E-state index in [1.807, 2.05) is 0 Å². The molecule has 5 nitrogen and oxygen atoms in total. The molecule has 1 aromatic carbocycles. The van der Waals surface area contributed by atoms with Gasteiger partial charge < -0.3 is 0 Å². The van der Waals surface area contributed by atoms with Crippen LogP contribution < -0.4 is 0 Å². The lowest BCUT2D eigenvalue weighted by Gasteiger charge is -2.02.